The van der Waals surface area contributed by atoms with E-state index >= 15 is 0 Å². The van der Waals surface area contributed by atoms with Crippen LogP contribution in [0.1, 0.15) is 30.0 Å². The molecule has 0 aliphatic carbocycles. The average Bonchev–Trinajstić information content (AvgIpc) is 3.10. The van der Waals surface area contributed by atoms with Gasteiger partial charge in [0.1, 0.15) is 17.1 Å². The van der Waals surface area contributed by atoms with Crippen LogP contribution in [0.25, 0.3) is 11.0 Å². The topological polar surface area (TPSA) is 89.4 Å². The van der Waals surface area contributed by atoms with Crippen LogP contribution in [0.5, 0.6) is 0 Å². The lowest BCUT2D eigenvalue weighted by molar-refractivity contribution is 0.388. The number of hydrogen-bond acceptors (Lipinski definition) is 6. The predicted octanol–water partition coefficient (Wildman–Crippen LogP) is 2.65. The van der Waals surface area contributed by atoms with E-state index in [1.165, 1.54) is 4.31 Å². The molecule has 0 bridgehead atoms. The lowest BCUT2D eigenvalue weighted by atomic mass is 10.1. The number of para-hydroxylation sites is 1. The summed E-state index contributed by atoms with van der Waals surface area (Å²) in [6, 6.07) is 7.64. The van der Waals surface area contributed by atoms with Crippen molar-refractivity contribution < 1.29 is 17.4 Å². The molecule has 2 heterocycles. The van der Waals surface area contributed by atoms with Gasteiger partial charge in [-0.25, -0.2) is 12.7 Å². The van der Waals surface area contributed by atoms with E-state index in [9.17, 15) is 8.42 Å². The van der Waals surface area contributed by atoms with E-state index < -0.39 is 10.0 Å². The number of aromatic nitrogens is 2. The van der Waals surface area contributed by atoms with Gasteiger partial charge in [-0.1, -0.05) is 30.3 Å². The van der Waals surface area contributed by atoms with Crippen molar-refractivity contribution in [1.29, 1.82) is 0 Å². The van der Waals surface area contributed by atoms with Crippen LogP contribution < -0.4 is 0 Å². The van der Waals surface area contributed by atoms with Gasteiger partial charge in [0.2, 0.25) is 15.9 Å². The molecule has 24 heavy (non-hydrogen) atoms. The highest BCUT2D eigenvalue weighted by molar-refractivity contribution is 7.88. The van der Waals surface area contributed by atoms with Crippen LogP contribution in [0.4, 0.5) is 0 Å². The first-order chi connectivity index (χ1) is 11.4. The second-order valence-electron chi connectivity index (χ2n) is 5.60. The third kappa shape index (κ3) is 3.20. The van der Waals surface area contributed by atoms with Crippen LogP contribution >= 0.6 is 0 Å². The summed E-state index contributed by atoms with van der Waals surface area (Å²) in [5, 5.41) is 4.59. The largest absolute Gasteiger partial charge is 0.461 e. The number of benzene rings is 1. The molecule has 0 aliphatic rings. The monoisotopic (exact) mass is 349 g/mol. The maximum Gasteiger partial charge on any atom is 0.223 e. The predicted molar refractivity (Wildman–Crippen MR) is 88.7 cm³/mol. The molecule has 0 atom stereocenters. The van der Waals surface area contributed by atoms with E-state index in [4.69, 9.17) is 8.94 Å². The maximum absolute atomic E-state index is 12.5. The average molecular weight is 349 g/mol. The summed E-state index contributed by atoms with van der Waals surface area (Å²) in [7, 11) is -2.02. The lowest BCUT2D eigenvalue weighted by Crippen LogP contribution is -2.28. The fraction of sp³-hybridized carbons (Fsp3) is 0.375. The lowest BCUT2D eigenvalue weighted by Gasteiger charge is -2.16. The number of furan rings is 1. The highest BCUT2D eigenvalue weighted by Crippen LogP contribution is 2.28. The molecule has 0 unspecified atom stereocenters. The Hall–Kier alpha value is -2.19. The quantitative estimate of drug-likeness (QED) is 0.679. The fourth-order valence-corrected chi connectivity index (χ4v) is 3.59. The molecule has 0 spiro atoms. The highest BCUT2D eigenvalue weighted by Gasteiger charge is 2.24. The molecule has 0 N–H and O–H groups in total. The normalized spacial score (nSPS) is 12.3. The molecular weight excluding hydrogens is 330 g/mol. The van der Waals surface area contributed by atoms with E-state index in [1.54, 1.807) is 14.0 Å². The number of sulfonamides is 1. The fourth-order valence-electron chi connectivity index (χ4n) is 2.60. The smallest absolute Gasteiger partial charge is 0.223 e. The van der Waals surface area contributed by atoms with E-state index in [0.29, 0.717) is 12.3 Å². The Bertz CT molecular complexity index is 959. The summed E-state index contributed by atoms with van der Waals surface area (Å²) in [5.74, 6) is 1.01. The Morgan fingerprint density at radius 2 is 2.00 bits per heavy atom. The van der Waals surface area contributed by atoms with Gasteiger partial charge in [-0.15, -0.1) is 0 Å². The molecule has 128 valence electrons. The zero-order chi connectivity index (χ0) is 17.3. The summed E-state index contributed by atoms with van der Waals surface area (Å²) in [4.78, 5) is 3.96. The van der Waals surface area contributed by atoms with E-state index in [1.807, 2.05) is 31.2 Å². The van der Waals surface area contributed by atoms with E-state index in [0.717, 1.165) is 22.3 Å². The Kier molecular flexibility index (Phi) is 4.42. The van der Waals surface area contributed by atoms with Gasteiger partial charge < -0.3 is 8.94 Å². The van der Waals surface area contributed by atoms with Crippen LogP contribution in [0.3, 0.4) is 0 Å². The van der Waals surface area contributed by atoms with Gasteiger partial charge in [-0.05, 0) is 6.07 Å². The van der Waals surface area contributed by atoms with Crippen molar-refractivity contribution in [2.24, 2.45) is 0 Å². The molecule has 7 nitrogen and oxygen atoms in total. The summed E-state index contributed by atoms with van der Waals surface area (Å²) >= 11 is 0. The first kappa shape index (κ1) is 16.7. The van der Waals surface area contributed by atoms with Gasteiger partial charge in [0.25, 0.3) is 0 Å². The second kappa shape index (κ2) is 6.37. The Morgan fingerprint density at radius 1 is 1.25 bits per heavy atom. The van der Waals surface area contributed by atoms with Crippen molar-refractivity contribution in [2.75, 3.05) is 7.05 Å². The number of aryl methyl sites for hydroxylation is 2. The van der Waals surface area contributed by atoms with Crippen molar-refractivity contribution in [3.05, 3.63) is 47.3 Å². The summed E-state index contributed by atoms with van der Waals surface area (Å²) < 4.78 is 37.0. The second-order valence-corrected chi connectivity index (χ2v) is 7.67. The molecule has 3 rings (SSSR count). The van der Waals surface area contributed by atoms with Gasteiger partial charge in [0, 0.05) is 37.9 Å². The SMILES string of the molecule is CCc1oc2ccccc2c1CN(C)S(=O)(=O)Cc1noc(C)n1. The molecule has 0 saturated heterocycles. The number of rotatable bonds is 6. The molecule has 0 fully saturated rings. The molecule has 0 amide bonds. The van der Waals surface area contributed by atoms with Crippen molar-refractivity contribution in [1.82, 2.24) is 14.4 Å². The minimum Gasteiger partial charge on any atom is -0.461 e. The van der Waals surface area contributed by atoms with Crippen LogP contribution in [-0.2, 0) is 28.7 Å². The summed E-state index contributed by atoms with van der Waals surface area (Å²) in [5.41, 5.74) is 1.66. The minimum absolute atomic E-state index is 0.159. The Balaban J connectivity index is 1.87. The Labute approximate surface area is 140 Å². The van der Waals surface area contributed by atoms with Crippen molar-refractivity contribution in [2.45, 2.75) is 32.6 Å². The van der Waals surface area contributed by atoms with Gasteiger partial charge in [0.15, 0.2) is 5.82 Å². The van der Waals surface area contributed by atoms with Gasteiger partial charge in [0.05, 0.1) is 0 Å². The van der Waals surface area contributed by atoms with Gasteiger partial charge >= 0.3 is 0 Å². The maximum atomic E-state index is 12.5. The number of nitrogens with zero attached hydrogens (tertiary/aromatic N) is 3. The van der Waals surface area contributed by atoms with Crippen LogP contribution in [0.2, 0.25) is 0 Å². The molecule has 3 aromatic rings. The van der Waals surface area contributed by atoms with Gasteiger partial charge in [-0.3, -0.25) is 0 Å². The molecule has 0 aliphatic heterocycles. The Morgan fingerprint density at radius 3 is 2.67 bits per heavy atom. The molecule has 1 aromatic carbocycles. The van der Waals surface area contributed by atoms with Gasteiger partial charge in [-0.2, -0.15) is 4.98 Å². The van der Waals surface area contributed by atoms with Crippen LogP contribution in [0, 0.1) is 6.92 Å². The zero-order valence-corrected chi connectivity index (χ0v) is 14.6. The highest BCUT2D eigenvalue weighted by atomic mass is 32.2. The zero-order valence-electron chi connectivity index (χ0n) is 13.8. The third-order valence-electron chi connectivity index (χ3n) is 3.84. The van der Waals surface area contributed by atoms with E-state index in [-0.39, 0.29) is 18.1 Å². The van der Waals surface area contributed by atoms with Crippen LogP contribution in [0.15, 0.2) is 33.2 Å². The van der Waals surface area contributed by atoms with E-state index in [2.05, 4.69) is 10.1 Å². The minimum atomic E-state index is -3.56. The van der Waals surface area contributed by atoms with Crippen LogP contribution in [-0.4, -0.2) is 29.9 Å². The summed E-state index contributed by atoms with van der Waals surface area (Å²) in [6.07, 6.45) is 0.696. The first-order valence-electron chi connectivity index (χ1n) is 7.63. The molecule has 2 aromatic heterocycles. The molecular formula is C16H19N3O4S. The third-order valence-corrected chi connectivity index (χ3v) is 5.54. The van der Waals surface area contributed by atoms with Crippen molar-refractivity contribution >= 4 is 21.0 Å². The van der Waals surface area contributed by atoms with Crippen molar-refractivity contribution in [3.8, 4) is 0 Å². The molecule has 0 saturated carbocycles. The van der Waals surface area contributed by atoms with Crippen molar-refractivity contribution in [3.63, 3.8) is 0 Å². The standard InChI is InChI=1S/C16H19N3O4S/c1-4-14-13(12-7-5-6-8-15(12)22-14)9-19(3)24(20,21)10-16-17-11(2)23-18-16/h5-8H,4,9-10H2,1-3H3. The molecule has 0 radical (unpaired) electrons. The summed E-state index contributed by atoms with van der Waals surface area (Å²) in [6.45, 7) is 3.84. The number of hydrogen-bond donors (Lipinski definition) is 0. The number of fused-ring (bicyclic) bond motifs is 1. The molecule has 8 heteroatoms. The first-order valence-corrected chi connectivity index (χ1v) is 9.24.